The molecule has 0 amide bonds. The van der Waals surface area contributed by atoms with Crippen LogP contribution in [0.3, 0.4) is 0 Å². The maximum atomic E-state index is 12.5. The molecule has 0 spiro atoms. The van der Waals surface area contributed by atoms with Gasteiger partial charge in [0.15, 0.2) is 0 Å². The fourth-order valence-electron chi connectivity index (χ4n) is 1.83. The summed E-state index contributed by atoms with van der Waals surface area (Å²) in [6, 6.07) is 1.89. The molecule has 1 aliphatic rings. The summed E-state index contributed by atoms with van der Waals surface area (Å²) < 4.78 is 27.6. The van der Waals surface area contributed by atoms with Crippen molar-refractivity contribution >= 4 is 48.9 Å². The predicted octanol–water partition coefficient (Wildman–Crippen LogP) is 3.29. The van der Waals surface area contributed by atoms with E-state index < -0.39 is 10.0 Å². The van der Waals surface area contributed by atoms with Gasteiger partial charge in [-0.1, -0.05) is 6.42 Å². The largest absolute Gasteiger partial charge is 0.253 e. The van der Waals surface area contributed by atoms with Gasteiger partial charge in [-0.2, -0.15) is 4.31 Å². The zero-order valence-electron chi connectivity index (χ0n) is 9.10. The zero-order chi connectivity index (χ0) is 12.5. The highest BCUT2D eigenvalue weighted by molar-refractivity contribution is 9.10. The van der Waals surface area contributed by atoms with Gasteiger partial charge in [0.25, 0.3) is 10.0 Å². The average Bonchev–Trinajstić information content (AvgIpc) is 2.61. The molecular weight excluding hydrogens is 346 g/mol. The number of hydrogen-bond acceptors (Lipinski definition) is 3. The first-order valence-electron chi connectivity index (χ1n) is 5.38. The van der Waals surface area contributed by atoms with Gasteiger partial charge in [-0.25, -0.2) is 8.42 Å². The number of sulfonamides is 1. The van der Waals surface area contributed by atoms with Crippen LogP contribution in [0.15, 0.2) is 20.1 Å². The van der Waals surface area contributed by atoms with Crippen LogP contribution in [-0.2, 0) is 10.0 Å². The minimum atomic E-state index is -3.39. The van der Waals surface area contributed by atoms with E-state index in [1.165, 1.54) is 11.3 Å². The second kappa shape index (κ2) is 5.57. The Hall–Kier alpha value is 0.380. The molecule has 17 heavy (non-hydrogen) atoms. The van der Waals surface area contributed by atoms with E-state index in [-0.39, 0.29) is 6.04 Å². The van der Waals surface area contributed by atoms with Gasteiger partial charge in [-0.05, 0) is 40.2 Å². The SMILES string of the molecule is O=S(=O)(c1sccc1Br)N(CCCl)C1CCC1. The number of alkyl halides is 1. The highest BCUT2D eigenvalue weighted by Crippen LogP contribution is 2.35. The molecule has 0 radical (unpaired) electrons. The minimum absolute atomic E-state index is 0.132. The molecule has 1 aliphatic carbocycles. The second-order valence-corrected chi connectivity index (χ2v) is 8.18. The van der Waals surface area contributed by atoms with Crippen molar-refractivity contribution in [2.45, 2.75) is 29.5 Å². The third-order valence-corrected chi connectivity index (χ3v) is 7.68. The summed E-state index contributed by atoms with van der Waals surface area (Å²) in [5, 5.41) is 1.77. The van der Waals surface area contributed by atoms with E-state index >= 15 is 0 Å². The van der Waals surface area contributed by atoms with Gasteiger partial charge in [0, 0.05) is 22.9 Å². The van der Waals surface area contributed by atoms with Crippen molar-refractivity contribution in [1.29, 1.82) is 0 Å². The quantitative estimate of drug-likeness (QED) is 0.757. The summed E-state index contributed by atoms with van der Waals surface area (Å²) in [6.45, 7) is 0.388. The molecule has 1 fully saturated rings. The van der Waals surface area contributed by atoms with Crippen LogP contribution in [0, 0.1) is 0 Å². The van der Waals surface area contributed by atoms with Crippen molar-refractivity contribution < 1.29 is 8.42 Å². The molecule has 1 heterocycles. The van der Waals surface area contributed by atoms with E-state index in [2.05, 4.69) is 15.9 Å². The lowest BCUT2D eigenvalue weighted by molar-refractivity contribution is 0.228. The molecule has 2 rings (SSSR count). The predicted molar refractivity (Wildman–Crippen MR) is 74.3 cm³/mol. The zero-order valence-corrected chi connectivity index (χ0v) is 13.1. The van der Waals surface area contributed by atoms with Gasteiger partial charge in [0.05, 0.1) is 0 Å². The van der Waals surface area contributed by atoms with Crippen LogP contribution in [-0.4, -0.2) is 31.2 Å². The maximum absolute atomic E-state index is 12.5. The van der Waals surface area contributed by atoms with Gasteiger partial charge in [0.2, 0.25) is 0 Å². The van der Waals surface area contributed by atoms with Gasteiger partial charge < -0.3 is 0 Å². The summed E-state index contributed by atoms with van der Waals surface area (Å²) in [7, 11) is -3.39. The number of rotatable bonds is 5. The molecule has 7 heteroatoms. The Kier molecular flexibility index (Phi) is 4.52. The van der Waals surface area contributed by atoms with Crippen LogP contribution in [0.1, 0.15) is 19.3 Å². The molecule has 1 aromatic rings. The van der Waals surface area contributed by atoms with Crippen LogP contribution in [0.25, 0.3) is 0 Å². The van der Waals surface area contributed by atoms with Crippen LogP contribution in [0.4, 0.5) is 0 Å². The summed E-state index contributed by atoms with van der Waals surface area (Å²) >= 11 is 10.2. The monoisotopic (exact) mass is 357 g/mol. The lowest BCUT2D eigenvalue weighted by atomic mass is 9.93. The van der Waals surface area contributed by atoms with E-state index in [1.807, 2.05) is 0 Å². The van der Waals surface area contributed by atoms with Gasteiger partial charge in [0.1, 0.15) is 4.21 Å². The Morgan fingerprint density at radius 3 is 2.65 bits per heavy atom. The Morgan fingerprint density at radius 2 is 2.24 bits per heavy atom. The Bertz CT molecular complexity index is 484. The minimum Gasteiger partial charge on any atom is -0.206 e. The number of nitrogens with zero attached hydrogens (tertiary/aromatic N) is 1. The highest BCUT2D eigenvalue weighted by Gasteiger charge is 2.35. The summed E-state index contributed by atoms with van der Waals surface area (Å²) in [5.41, 5.74) is 0. The van der Waals surface area contributed by atoms with Gasteiger partial charge >= 0.3 is 0 Å². The third kappa shape index (κ3) is 2.71. The number of halogens is 2. The molecule has 0 aliphatic heterocycles. The van der Waals surface area contributed by atoms with Crippen molar-refractivity contribution in [1.82, 2.24) is 4.31 Å². The first kappa shape index (κ1) is 13.8. The standard InChI is InChI=1S/C10H13BrClNO2S2/c11-9-4-7-16-10(9)17(14,15)13(6-5-12)8-2-1-3-8/h4,7-8H,1-3,5-6H2. The van der Waals surface area contributed by atoms with Gasteiger partial charge in [-0.3, -0.25) is 0 Å². The van der Waals surface area contributed by atoms with E-state index in [0.717, 1.165) is 19.3 Å². The van der Waals surface area contributed by atoms with Crippen molar-refractivity contribution in [2.75, 3.05) is 12.4 Å². The Balaban J connectivity index is 2.31. The van der Waals surface area contributed by atoms with Crippen molar-refractivity contribution in [3.05, 3.63) is 15.9 Å². The van der Waals surface area contributed by atoms with Crippen molar-refractivity contribution in [3.8, 4) is 0 Å². The van der Waals surface area contributed by atoms with Crippen LogP contribution >= 0.6 is 38.9 Å². The van der Waals surface area contributed by atoms with Gasteiger partial charge in [-0.15, -0.1) is 22.9 Å². The fourth-order valence-corrected chi connectivity index (χ4v) is 6.22. The lowest BCUT2D eigenvalue weighted by Crippen LogP contribution is -2.44. The lowest BCUT2D eigenvalue weighted by Gasteiger charge is -2.35. The smallest absolute Gasteiger partial charge is 0.206 e. The number of hydrogen-bond donors (Lipinski definition) is 0. The van der Waals surface area contributed by atoms with Crippen LogP contribution in [0.2, 0.25) is 0 Å². The molecule has 96 valence electrons. The first-order valence-corrected chi connectivity index (χ1v) is 9.03. The van der Waals surface area contributed by atoms with E-state index in [1.54, 1.807) is 15.8 Å². The van der Waals surface area contributed by atoms with E-state index in [4.69, 9.17) is 11.6 Å². The fraction of sp³-hybridized carbons (Fsp3) is 0.600. The average molecular weight is 359 g/mol. The van der Waals surface area contributed by atoms with Crippen LogP contribution in [0.5, 0.6) is 0 Å². The molecular formula is C10H13BrClNO2S2. The Labute approximate surface area is 119 Å². The molecule has 0 atom stereocenters. The van der Waals surface area contributed by atoms with E-state index in [9.17, 15) is 8.42 Å². The molecule has 3 nitrogen and oxygen atoms in total. The normalized spacial score (nSPS) is 17.4. The third-order valence-electron chi connectivity index (χ3n) is 2.91. The highest BCUT2D eigenvalue weighted by atomic mass is 79.9. The first-order chi connectivity index (χ1) is 8.07. The van der Waals surface area contributed by atoms with Crippen molar-refractivity contribution in [2.24, 2.45) is 0 Å². The van der Waals surface area contributed by atoms with E-state index in [0.29, 0.717) is 21.1 Å². The topological polar surface area (TPSA) is 37.4 Å². The molecule has 0 unspecified atom stereocenters. The molecule has 0 saturated heterocycles. The number of thiophene rings is 1. The van der Waals surface area contributed by atoms with Crippen LogP contribution < -0.4 is 0 Å². The Morgan fingerprint density at radius 1 is 1.53 bits per heavy atom. The maximum Gasteiger partial charge on any atom is 0.253 e. The van der Waals surface area contributed by atoms with Crippen molar-refractivity contribution in [3.63, 3.8) is 0 Å². The summed E-state index contributed by atoms with van der Waals surface area (Å²) in [4.78, 5) is 0. The molecule has 1 saturated carbocycles. The summed E-state index contributed by atoms with van der Waals surface area (Å²) in [6.07, 6.45) is 2.99. The molecule has 0 bridgehead atoms. The second-order valence-electron chi connectivity index (χ2n) is 3.95. The molecule has 0 aromatic carbocycles. The molecule has 0 N–H and O–H groups in total. The summed E-state index contributed by atoms with van der Waals surface area (Å²) in [5.74, 6) is 0.332. The molecule has 1 aromatic heterocycles.